The van der Waals surface area contributed by atoms with Crippen LogP contribution < -0.4 is 9.47 Å². The monoisotopic (exact) mass is 328 g/mol. The molecule has 0 saturated carbocycles. The average molecular weight is 328 g/mol. The van der Waals surface area contributed by atoms with Crippen molar-refractivity contribution in [2.45, 2.75) is 26.2 Å². The Kier molecular flexibility index (Phi) is 8.07. The topological polar surface area (TPSA) is 58.9 Å². The van der Waals surface area contributed by atoms with Gasteiger partial charge in [0.15, 0.2) is 23.0 Å². The fraction of sp³-hybridized carbons (Fsp3) is 0.300. The van der Waals surface area contributed by atoms with Crippen molar-refractivity contribution >= 4 is 0 Å². The number of rotatable bonds is 5. The number of methoxy groups -OCH3 is 2. The fourth-order valence-electron chi connectivity index (χ4n) is 2.12. The third-order valence-electron chi connectivity index (χ3n) is 3.33. The molecule has 2 N–H and O–H groups in total. The lowest BCUT2D eigenvalue weighted by molar-refractivity contribution is 0.373. The minimum atomic E-state index is 0.137. The SMILES string of the molecule is C#CCc1ccc(O)c(OC)c1.CCCc1ccc(O)c(OC)c1. The predicted octanol–water partition coefficient (Wildman–Crippen LogP) is 3.93. The molecule has 0 radical (unpaired) electrons. The number of hydrogen-bond acceptors (Lipinski definition) is 4. The zero-order chi connectivity index (χ0) is 17.9. The summed E-state index contributed by atoms with van der Waals surface area (Å²) in [5.74, 6) is 3.88. The second-order valence-electron chi connectivity index (χ2n) is 5.14. The Hall–Kier alpha value is -2.80. The molecule has 0 unspecified atom stereocenters. The van der Waals surface area contributed by atoms with Crippen molar-refractivity contribution in [3.8, 4) is 35.3 Å². The summed E-state index contributed by atoms with van der Waals surface area (Å²) in [5, 5.41) is 18.5. The van der Waals surface area contributed by atoms with Crippen molar-refractivity contribution in [2.24, 2.45) is 0 Å². The van der Waals surface area contributed by atoms with Crippen LogP contribution in [-0.2, 0) is 12.8 Å². The minimum absolute atomic E-state index is 0.137. The highest BCUT2D eigenvalue weighted by Crippen LogP contribution is 2.27. The molecule has 0 fully saturated rings. The molecule has 0 aromatic heterocycles. The standard InChI is InChI=1S/C10H14O2.C10H10O2/c2*1-3-4-8-5-6-9(11)10(7-8)12-2/h5-7,11H,3-4H2,1-2H3;1,5-7,11H,4H2,2H3. The van der Waals surface area contributed by atoms with Gasteiger partial charge in [-0.05, 0) is 41.8 Å². The van der Waals surface area contributed by atoms with Gasteiger partial charge in [-0.3, -0.25) is 0 Å². The number of aromatic hydroxyl groups is 2. The van der Waals surface area contributed by atoms with Crippen LogP contribution in [0, 0.1) is 12.3 Å². The van der Waals surface area contributed by atoms with Gasteiger partial charge in [0.05, 0.1) is 14.2 Å². The third kappa shape index (κ3) is 5.77. The largest absolute Gasteiger partial charge is 0.504 e. The first-order valence-electron chi connectivity index (χ1n) is 7.70. The predicted molar refractivity (Wildman–Crippen MR) is 95.8 cm³/mol. The smallest absolute Gasteiger partial charge is 0.160 e. The maximum atomic E-state index is 9.28. The van der Waals surface area contributed by atoms with E-state index in [4.69, 9.17) is 15.9 Å². The summed E-state index contributed by atoms with van der Waals surface area (Å²) in [6, 6.07) is 10.5. The highest BCUT2D eigenvalue weighted by molar-refractivity contribution is 5.42. The van der Waals surface area contributed by atoms with E-state index >= 15 is 0 Å². The molecular weight excluding hydrogens is 304 g/mol. The molecule has 0 aliphatic heterocycles. The van der Waals surface area contributed by atoms with Gasteiger partial charge in [0.25, 0.3) is 0 Å². The Bertz CT molecular complexity index is 687. The normalized spacial score (nSPS) is 9.42. The Morgan fingerprint density at radius 1 is 0.917 bits per heavy atom. The van der Waals surface area contributed by atoms with Crippen LogP contribution in [0.5, 0.6) is 23.0 Å². The van der Waals surface area contributed by atoms with Crippen LogP contribution in [0.2, 0.25) is 0 Å². The number of phenolic OH excluding ortho intramolecular Hbond substituents is 2. The van der Waals surface area contributed by atoms with E-state index in [9.17, 15) is 10.2 Å². The number of aryl methyl sites for hydroxylation is 1. The van der Waals surface area contributed by atoms with Crippen LogP contribution in [0.15, 0.2) is 36.4 Å². The highest BCUT2D eigenvalue weighted by atomic mass is 16.5. The zero-order valence-electron chi connectivity index (χ0n) is 14.4. The Morgan fingerprint density at radius 3 is 1.88 bits per heavy atom. The molecule has 0 spiro atoms. The molecule has 0 bridgehead atoms. The first kappa shape index (κ1) is 19.2. The van der Waals surface area contributed by atoms with Gasteiger partial charge in [-0.2, -0.15) is 0 Å². The molecule has 2 rings (SSSR count). The van der Waals surface area contributed by atoms with Gasteiger partial charge < -0.3 is 19.7 Å². The van der Waals surface area contributed by atoms with E-state index in [2.05, 4.69) is 12.8 Å². The molecule has 128 valence electrons. The van der Waals surface area contributed by atoms with Crippen molar-refractivity contribution < 1.29 is 19.7 Å². The maximum absolute atomic E-state index is 9.28. The number of hydrogen-bond donors (Lipinski definition) is 2. The molecule has 2 aromatic carbocycles. The Labute approximate surface area is 143 Å². The number of terminal acetylenes is 1. The van der Waals surface area contributed by atoms with Gasteiger partial charge in [-0.1, -0.05) is 25.5 Å². The van der Waals surface area contributed by atoms with Gasteiger partial charge in [-0.15, -0.1) is 12.3 Å². The van der Waals surface area contributed by atoms with Gasteiger partial charge in [0.2, 0.25) is 0 Å². The van der Waals surface area contributed by atoms with Gasteiger partial charge in [-0.25, -0.2) is 0 Å². The summed E-state index contributed by atoms with van der Waals surface area (Å²) in [6.07, 6.45) is 7.82. The lowest BCUT2D eigenvalue weighted by atomic mass is 10.1. The summed E-state index contributed by atoms with van der Waals surface area (Å²) >= 11 is 0. The molecule has 24 heavy (non-hydrogen) atoms. The van der Waals surface area contributed by atoms with Crippen LogP contribution >= 0.6 is 0 Å². The van der Waals surface area contributed by atoms with E-state index in [0.29, 0.717) is 17.9 Å². The molecule has 0 heterocycles. The van der Waals surface area contributed by atoms with Crippen molar-refractivity contribution in [1.29, 1.82) is 0 Å². The van der Waals surface area contributed by atoms with Crippen LogP contribution in [0.1, 0.15) is 24.5 Å². The molecule has 0 saturated heterocycles. The first-order valence-corrected chi connectivity index (χ1v) is 7.70. The van der Waals surface area contributed by atoms with Gasteiger partial charge in [0, 0.05) is 6.42 Å². The summed E-state index contributed by atoms with van der Waals surface area (Å²) in [6.45, 7) is 2.12. The number of phenols is 2. The molecule has 4 nitrogen and oxygen atoms in total. The van der Waals surface area contributed by atoms with E-state index in [1.165, 1.54) is 12.7 Å². The van der Waals surface area contributed by atoms with Crippen molar-refractivity contribution in [1.82, 2.24) is 0 Å². The molecular formula is C20H24O4. The van der Waals surface area contributed by atoms with Gasteiger partial charge >= 0.3 is 0 Å². The quantitative estimate of drug-likeness (QED) is 0.817. The minimum Gasteiger partial charge on any atom is -0.504 e. The van der Waals surface area contributed by atoms with E-state index < -0.39 is 0 Å². The average Bonchev–Trinajstić information content (AvgIpc) is 2.59. The van der Waals surface area contributed by atoms with E-state index in [1.54, 1.807) is 31.4 Å². The Morgan fingerprint density at radius 2 is 1.42 bits per heavy atom. The molecule has 0 amide bonds. The highest BCUT2D eigenvalue weighted by Gasteiger charge is 2.01. The summed E-state index contributed by atoms with van der Waals surface area (Å²) in [7, 11) is 3.07. The molecule has 4 heteroatoms. The summed E-state index contributed by atoms with van der Waals surface area (Å²) < 4.78 is 9.90. The van der Waals surface area contributed by atoms with Crippen LogP contribution in [0.4, 0.5) is 0 Å². The molecule has 0 atom stereocenters. The number of ether oxygens (including phenoxy) is 2. The van der Waals surface area contributed by atoms with Crippen LogP contribution in [0.3, 0.4) is 0 Å². The third-order valence-corrected chi connectivity index (χ3v) is 3.33. The number of benzene rings is 2. The molecule has 0 aliphatic carbocycles. The lowest BCUT2D eigenvalue weighted by Gasteiger charge is -2.05. The first-order chi connectivity index (χ1) is 11.5. The van der Waals surface area contributed by atoms with Crippen molar-refractivity contribution in [2.75, 3.05) is 14.2 Å². The fourth-order valence-corrected chi connectivity index (χ4v) is 2.12. The molecule has 0 aliphatic rings. The van der Waals surface area contributed by atoms with E-state index in [0.717, 1.165) is 18.4 Å². The maximum Gasteiger partial charge on any atom is 0.160 e. The van der Waals surface area contributed by atoms with Crippen molar-refractivity contribution in [3.63, 3.8) is 0 Å². The van der Waals surface area contributed by atoms with Gasteiger partial charge in [0.1, 0.15) is 0 Å². The second kappa shape index (κ2) is 10.1. The Balaban J connectivity index is 0.000000240. The van der Waals surface area contributed by atoms with Crippen LogP contribution in [-0.4, -0.2) is 24.4 Å². The zero-order valence-corrected chi connectivity index (χ0v) is 14.4. The summed E-state index contributed by atoms with van der Waals surface area (Å²) in [4.78, 5) is 0. The molecule has 2 aromatic rings. The van der Waals surface area contributed by atoms with E-state index in [-0.39, 0.29) is 11.5 Å². The summed E-state index contributed by atoms with van der Waals surface area (Å²) in [5.41, 5.74) is 2.17. The lowest BCUT2D eigenvalue weighted by Crippen LogP contribution is -1.87. The van der Waals surface area contributed by atoms with Crippen molar-refractivity contribution in [3.05, 3.63) is 47.5 Å². The van der Waals surface area contributed by atoms with Crippen LogP contribution in [0.25, 0.3) is 0 Å². The van der Waals surface area contributed by atoms with E-state index in [1.807, 2.05) is 12.1 Å². The second-order valence-corrected chi connectivity index (χ2v) is 5.14.